The minimum absolute atomic E-state index is 0.155. The van der Waals surface area contributed by atoms with Crippen LogP contribution in [0.15, 0.2) is 152 Å². The molecule has 2 nitrogen and oxygen atoms in total. The summed E-state index contributed by atoms with van der Waals surface area (Å²) in [5.41, 5.74) is 5.18. The Kier molecular flexibility index (Phi) is 8.07. The van der Waals surface area contributed by atoms with Crippen LogP contribution < -0.4 is 21.2 Å². The van der Waals surface area contributed by atoms with Crippen molar-refractivity contribution >= 4 is 51.1 Å². The van der Waals surface area contributed by atoms with Crippen LogP contribution in [0.25, 0.3) is 32.7 Å². The summed E-state index contributed by atoms with van der Waals surface area (Å²) in [5, 5.41) is 23.9. The Labute approximate surface area is 273 Å². The molecular formula is C43H38NOP. The van der Waals surface area contributed by atoms with Gasteiger partial charge in [0.05, 0.1) is 0 Å². The predicted molar refractivity (Wildman–Crippen MR) is 200 cm³/mol. The number of hydrogen-bond acceptors (Lipinski definition) is 2. The molecule has 0 bridgehead atoms. The highest BCUT2D eigenvalue weighted by Crippen LogP contribution is 2.45. The summed E-state index contributed by atoms with van der Waals surface area (Å²) in [6, 6.07) is 54.5. The summed E-state index contributed by atoms with van der Waals surface area (Å²) in [4.78, 5) is 0. The zero-order valence-corrected chi connectivity index (χ0v) is 27.4. The molecule has 0 heterocycles. The lowest BCUT2D eigenvalue weighted by molar-refractivity contribution is 0.441. The van der Waals surface area contributed by atoms with Crippen molar-refractivity contribution < 1.29 is 5.11 Å². The molecule has 0 saturated carbocycles. The van der Waals surface area contributed by atoms with Gasteiger partial charge in [0.25, 0.3) is 0 Å². The molecule has 226 valence electrons. The standard InChI is InChI=1S/C43H38NOP/c1-43(2,3)37-24-14-17-32(42(37)45)29-44-38-27-25-30-15-10-12-22-35(30)40(38)41-36-23-13-11-16-31(36)26-28-39(41)46(33-18-6-4-7-19-33)34-20-8-5-9-21-34/h4-28,44-45H,29H2,1-3H3. The number of rotatable bonds is 7. The van der Waals surface area contributed by atoms with Crippen molar-refractivity contribution in [1.82, 2.24) is 0 Å². The van der Waals surface area contributed by atoms with Crippen LogP contribution in [0.1, 0.15) is 31.9 Å². The van der Waals surface area contributed by atoms with Gasteiger partial charge < -0.3 is 10.4 Å². The number of para-hydroxylation sites is 1. The minimum Gasteiger partial charge on any atom is -0.507 e. The number of aromatic hydroxyl groups is 1. The average Bonchev–Trinajstić information content (AvgIpc) is 3.08. The molecule has 7 aromatic rings. The smallest absolute Gasteiger partial charge is 0.124 e. The van der Waals surface area contributed by atoms with E-state index in [0.29, 0.717) is 12.3 Å². The number of hydrogen-bond donors (Lipinski definition) is 2. The van der Waals surface area contributed by atoms with Crippen LogP contribution in [0.4, 0.5) is 5.69 Å². The number of anilines is 1. The second-order valence-corrected chi connectivity index (χ2v) is 15.0. The third kappa shape index (κ3) is 5.66. The Balaban J connectivity index is 1.49. The summed E-state index contributed by atoms with van der Waals surface area (Å²) < 4.78 is 0. The zero-order valence-electron chi connectivity index (χ0n) is 26.5. The van der Waals surface area contributed by atoms with E-state index in [-0.39, 0.29) is 5.41 Å². The van der Waals surface area contributed by atoms with E-state index in [1.165, 1.54) is 48.6 Å². The van der Waals surface area contributed by atoms with Gasteiger partial charge in [-0.3, -0.25) is 0 Å². The van der Waals surface area contributed by atoms with Crippen molar-refractivity contribution in [3.63, 3.8) is 0 Å². The molecule has 7 aromatic carbocycles. The molecule has 0 amide bonds. The molecule has 0 saturated heterocycles. The van der Waals surface area contributed by atoms with E-state index in [1.807, 2.05) is 18.2 Å². The van der Waals surface area contributed by atoms with Gasteiger partial charge in [-0.05, 0) is 62.4 Å². The maximum Gasteiger partial charge on any atom is 0.124 e. The van der Waals surface area contributed by atoms with Crippen molar-refractivity contribution in [2.45, 2.75) is 32.7 Å². The van der Waals surface area contributed by atoms with Gasteiger partial charge in [0.15, 0.2) is 0 Å². The van der Waals surface area contributed by atoms with Crippen molar-refractivity contribution in [2.24, 2.45) is 0 Å². The van der Waals surface area contributed by atoms with E-state index < -0.39 is 7.92 Å². The lowest BCUT2D eigenvalue weighted by atomic mass is 9.85. The lowest BCUT2D eigenvalue weighted by Crippen LogP contribution is -2.22. The normalized spacial score (nSPS) is 11.7. The van der Waals surface area contributed by atoms with E-state index in [4.69, 9.17) is 0 Å². The summed E-state index contributed by atoms with van der Waals surface area (Å²) >= 11 is 0. The van der Waals surface area contributed by atoms with Crippen molar-refractivity contribution in [1.29, 1.82) is 0 Å². The predicted octanol–water partition coefficient (Wildman–Crippen LogP) is 10.0. The molecule has 0 atom stereocenters. The van der Waals surface area contributed by atoms with Gasteiger partial charge in [0.1, 0.15) is 5.75 Å². The molecule has 0 aliphatic rings. The van der Waals surface area contributed by atoms with Gasteiger partial charge in [-0.2, -0.15) is 0 Å². The third-order valence-electron chi connectivity index (χ3n) is 8.75. The third-order valence-corrected chi connectivity index (χ3v) is 11.2. The summed E-state index contributed by atoms with van der Waals surface area (Å²) in [5.74, 6) is 0.368. The van der Waals surface area contributed by atoms with Gasteiger partial charge >= 0.3 is 0 Å². The van der Waals surface area contributed by atoms with Crippen LogP contribution in [-0.4, -0.2) is 5.11 Å². The van der Waals surface area contributed by atoms with Crippen molar-refractivity contribution in [3.8, 4) is 16.9 Å². The number of phenolic OH excluding ortho intramolecular Hbond substituents is 1. The van der Waals surface area contributed by atoms with Gasteiger partial charge in [-0.15, -0.1) is 0 Å². The SMILES string of the molecule is CC(C)(C)c1cccc(CNc2ccc3ccccc3c2-c2c(P(c3ccccc3)c3ccccc3)ccc3ccccc23)c1O. The van der Waals surface area contributed by atoms with Crippen LogP contribution >= 0.6 is 7.92 Å². The Morgan fingerprint density at radius 3 is 1.70 bits per heavy atom. The Morgan fingerprint density at radius 1 is 0.543 bits per heavy atom. The van der Waals surface area contributed by atoms with Crippen LogP contribution in [-0.2, 0) is 12.0 Å². The first-order valence-electron chi connectivity index (χ1n) is 15.9. The Bertz CT molecular complexity index is 2110. The molecule has 0 radical (unpaired) electrons. The fourth-order valence-electron chi connectivity index (χ4n) is 6.51. The van der Waals surface area contributed by atoms with Crippen molar-refractivity contribution in [3.05, 3.63) is 163 Å². The highest BCUT2D eigenvalue weighted by molar-refractivity contribution is 7.80. The topological polar surface area (TPSA) is 32.3 Å². The van der Waals surface area contributed by atoms with Gasteiger partial charge in [0, 0.05) is 28.9 Å². The lowest BCUT2D eigenvalue weighted by Gasteiger charge is -2.26. The Morgan fingerprint density at radius 2 is 1.09 bits per heavy atom. The summed E-state index contributed by atoms with van der Waals surface area (Å²) in [7, 11) is -0.875. The first-order valence-corrected chi connectivity index (χ1v) is 17.2. The van der Waals surface area contributed by atoms with E-state index >= 15 is 0 Å². The maximum absolute atomic E-state index is 11.3. The first-order chi connectivity index (χ1) is 22.4. The largest absolute Gasteiger partial charge is 0.507 e. The second-order valence-electron chi connectivity index (χ2n) is 12.8. The fraction of sp³-hybridized carbons (Fsp3) is 0.116. The monoisotopic (exact) mass is 615 g/mol. The molecular weight excluding hydrogens is 577 g/mol. The molecule has 3 heteroatoms. The molecule has 0 aliphatic carbocycles. The zero-order chi connectivity index (χ0) is 31.7. The summed E-state index contributed by atoms with van der Waals surface area (Å²) in [6.45, 7) is 6.93. The molecule has 46 heavy (non-hydrogen) atoms. The van der Waals surface area contributed by atoms with Crippen LogP contribution in [0, 0.1) is 0 Å². The van der Waals surface area contributed by atoms with E-state index in [2.05, 4.69) is 160 Å². The van der Waals surface area contributed by atoms with Crippen LogP contribution in [0.2, 0.25) is 0 Å². The molecule has 0 spiro atoms. The van der Waals surface area contributed by atoms with Crippen LogP contribution in [0.3, 0.4) is 0 Å². The minimum atomic E-state index is -0.875. The van der Waals surface area contributed by atoms with Crippen LogP contribution in [0.5, 0.6) is 5.75 Å². The highest BCUT2D eigenvalue weighted by Gasteiger charge is 2.25. The first kappa shape index (κ1) is 29.8. The fourth-order valence-corrected chi connectivity index (χ4v) is 8.98. The highest BCUT2D eigenvalue weighted by atomic mass is 31.1. The van der Waals surface area contributed by atoms with E-state index in [1.54, 1.807) is 0 Å². The molecule has 0 unspecified atom stereocenters. The second kappa shape index (κ2) is 12.5. The quantitative estimate of drug-likeness (QED) is 0.175. The van der Waals surface area contributed by atoms with Crippen molar-refractivity contribution in [2.75, 3.05) is 5.32 Å². The molecule has 0 aromatic heterocycles. The summed E-state index contributed by atoms with van der Waals surface area (Å²) in [6.07, 6.45) is 0. The average molecular weight is 616 g/mol. The number of fused-ring (bicyclic) bond motifs is 2. The molecule has 0 fully saturated rings. The number of phenols is 1. The molecule has 0 aliphatic heterocycles. The molecule has 7 rings (SSSR count). The van der Waals surface area contributed by atoms with E-state index in [0.717, 1.165) is 16.8 Å². The maximum atomic E-state index is 11.3. The van der Waals surface area contributed by atoms with E-state index in [9.17, 15) is 5.11 Å². The number of nitrogens with one attached hydrogen (secondary N) is 1. The number of benzene rings is 7. The van der Waals surface area contributed by atoms with Gasteiger partial charge in [-0.1, -0.05) is 166 Å². The Hall–Kier alpha value is -4.91. The van der Waals surface area contributed by atoms with Gasteiger partial charge in [0.2, 0.25) is 0 Å². The van der Waals surface area contributed by atoms with Gasteiger partial charge in [-0.25, -0.2) is 0 Å². The molecule has 2 N–H and O–H groups in total.